The molecule has 2 N–H and O–H groups in total. The van der Waals surface area contributed by atoms with Gasteiger partial charge in [0.25, 0.3) is 5.91 Å². The van der Waals surface area contributed by atoms with Crippen molar-refractivity contribution in [2.45, 2.75) is 32.6 Å². The molecule has 0 radical (unpaired) electrons. The molecule has 4 rings (SSSR count). The van der Waals surface area contributed by atoms with Crippen molar-refractivity contribution in [1.29, 1.82) is 5.41 Å². The third-order valence-corrected chi connectivity index (χ3v) is 7.32. The summed E-state index contributed by atoms with van der Waals surface area (Å²) in [6.45, 7) is 2.29. The van der Waals surface area contributed by atoms with Gasteiger partial charge in [0.05, 0.1) is 18.2 Å². The van der Waals surface area contributed by atoms with Crippen LogP contribution in [-0.4, -0.2) is 65.8 Å². The van der Waals surface area contributed by atoms with Crippen LogP contribution in [-0.2, 0) is 27.4 Å². The lowest BCUT2D eigenvalue weighted by Gasteiger charge is -2.18. The minimum Gasteiger partial charge on any atom is -0.479 e. The summed E-state index contributed by atoms with van der Waals surface area (Å²) < 4.78 is 16.2. The molecule has 10 nitrogen and oxygen atoms in total. The first kappa shape index (κ1) is 31.3. The second-order valence-corrected chi connectivity index (χ2v) is 10.5. The number of hydrogen-bond acceptors (Lipinski definition) is 9. The summed E-state index contributed by atoms with van der Waals surface area (Å²) in [7, 11) is 0. The number of esters is 1. The van der Waals surface area contributed by atoms with Gasteiger partial charge in [0.2, 0.25) is 0 Å². The molecule has 3 aromatic rings. The number of amides is 2. The van der Waals surface area contributed by atoms with Crippen LogP contribution in [0.25, 0.3) is 0 Å². The standard InChI is InChI=1S/C32H33N3O7S/c1-3-40-31(38)28(15-16-34-32(39)41-20-21-7-5-4-6-8-21)42-25-12-9-22(10-13-25)27(36)19-35-18-24-17-23(29(33)43-2)11-14-26(24)30(35)37/h4-14,17,28,33H,3,15-16,18-20H2,1-2H3,(H,34,39). The van der Waals surface area contributed by atoms with Gasteiger partial charge in [-0.1, -0.05) is 36.4 Å². The van der Waals surface area contributed by atoms with Gasteiger partial charge in [0.15, 0.2) is 11.9 Å². The van der Waals surface area contributed by atoms with Crippen LogP contribution >= 0.6 is 11.8 Å². The summed E-state index contributed by atoms with van der Waals surface area (Å²) in [5, 5.41) is 11.0. The van der Waals surface area contributed by atoms with Crippen LogP contribution in [0.2, 0.25) is 0 Å². The van der Waals surface area contributed by atoms with Gasteiger partial charge in [-0.25, -0.2) is 9.59 Å². The van der Waals surface area contributed by atoms with Gasteiger partial charge in [0.1, 0.15) is 12.4 Å². The number of nitrogens with one attached hydrogen (secondary N) is 2. The van der Waals surface area contributed by atoms with Crippen LogP contribution in [0.4, 0.5) is 4.79 Å². The van der Waals surface area contributed by atoms with Crippen LogP contribution < -0.4 is 10.1 Å². The highest BCUT2D eigenvalue weighted by atomic mass is 32.2. The van der Waals surface area contributed by atoms with Crippen LogP contribution in [0.3, 0.4) is 0 Å². The Balaban J connectivity index is 1.30. The highest BCUT2D eigenvalue weighted by Gasteiger charge is 2.29. The fraction of sp³-hybridized carbons (Fsp3) is 0.281. The van der Waals surface area contributed by atoms with E-state index in [-0.39, 0.29) is 44.4 Å². The molecule has 1 aliphatic rings. The molecule has 0 saturated carbocycles. The number of alkyl carbamates (subject to hydrolysis) is 1. The Morgan fingerprint density at radius 3 is 2.42 bits per heavy atom. The molecule has 1 aliphatic heterocycles. The van der Waals surface area contributed by atoms with Crippen molar-refractivity contribution < 1.29 is 33.4 Å². The molecule has 3 aromatic carbocycles. The third kappa shape index (κ3) is 8.45. The Hall–Kier alpha value is -4.64. The Morgan fingerprint density at radius 2 is 1.72 bits per heavy atom. The molecule has 224 valence electrons. The molecule has 43 heavy (non-hydrogen) atoms. The van der Waals surface area contributed by atoms with Gasteiger partial charge >= 0.3 is 12.1 Å². The summed E-state index contributed by atoms with van der Waals surface area (Å²) in [6, 6.07) is 20.8. The number of rotatable bonds is 13. The molecular weight excluding hydrogens is 570 g/mol. The van der Waals surface area contributed by atoms with Gasteiger partial charge in [-0.15, -0.1) is 11.8 Å². The lowest BCUT2D eigenvalue weighted by molar-refractivity contribution is -0.151. The highest BCUT2D eigenvalue weighted by molar-refractivity contribution is 8.13. The van der Waals surface area contributed by atoms with E-state index in [4.69, 9.17) is 19.6 Å². The highest BCUT2D eigenvalue weighted by Crippen LogP contribution is 2.26. The van der Waals surface area contributed by atoms with Gasteiger partial charge in [-0.3, -0.25) is 15.0 Å². The minimum absolute atomic E-state index is 0.0967. The Kier molecular flexibility index (Phi) is 10.9. The van der Waals surface area contributed by atoms with Crippen molar-refractivity contribution >= 4 is 40.6 Å². The average Bonchev–Trinajstić information content (AvgIpc) is 3.33. The fourth-order valence-corrected chi connectivity index (χ4v) is 4.82. The number of hydrogen-bond donors (Lipinski definition) is 2. The molecule has 2 amide bonds. The third-order valence-electron chi connectivity index (χ3n) is 6.68. The largest absolute Gasteiger partial charge is 0.479 e. The zero-order chi connectivity index (χ0) is 30.8. The predicted molar refractivity (Wildman–Crippen MR) is 163 cm³/mol. The number of carbonyl (C=O) groups is 4. The number of thioether (sulfide) groups is 1. The smallest absolute Gasteiger partial charge is 0.407 e. The number of carbonyl (C=O) groups excluding carboxylic acids is 4. The zero-order valence-electron chi connectivity index (χ0n) is 24.0. The number of nitrogens with zero attached hydrogens (tertiary/aromatic N) is 1. The van der Waals surface area contributed by atoms with Crippen molar-refractivity contribution in [3.8, 4) is 5.75 Å². The molecular formula is C32H33N3O7S. The van der Waals surface area contributed by atoms with E-state index in [9.17, 15) is 19.2 Å². The number of Topliss-reactive ketones (excluding diaryl/α,β-unsaturated/α-hetero) is 1. The lowest BCUT2D eigenvalue weighted by Crippen LogP contribution is -2.35. The number of fused-ring (bicyclic) bond motifs is 1. The van der Waals surface area contributed by atoms with E-state index in [1.165, 1.54) is 16.7 Å². The molecule has 0 aliphatic carbocycles. The first-order chi connectivity index (χ1) is 20.8. The lowest BCUT2D eigenvalue weighted by atomic mass is 10.1. The van der Waals surface area contributed by atoms with Gasteiger partial charge in [-0.2, -0.15) is 0 Å². The minimum atomic E-state index is -0.992. The maximum atomic E-state index is 13.0. The quantitative estimate of drug-likeness (QED) is 0.123. The first-order valence-electron chi connectivity index (χ1n) is 13.7. The van der Waals surface area contributed by atoms with Crippen molar-refractivity contribution in [2.75, 3.05) is 26.0 Å². The fourth-order valence-electron chi connectivity index (χ4n) is 4.46. The van der Waals surface area contributed by atoms with Crippen molar-refractivity contribution in [2.24, 2.45) is 0 Å². The molecule has 11 heteroatoms. The van der Waals surface area contributed by atoms with Crippen molar-refractivity contribution in [1.82, 2.24) is 10.2 Å². The molecule has 1 atom stereocenters. The second kappa shape index (κ2) is 15.0. The molecule has 0 saturated heterocycles. The number of benzene rings is 3. The SMILES string of the molecule is CCOC(=O)C(CCNC(=O)OCc1ccccc1)Oc1ccc(C(=O)CN2Cc3cc(C(=N)SC)ccc3C2=O)cc1. The maximum Gasteiger partial charge on any atom is 0.407 e. The van der Waals surface area contributed by atoms with E-state index in [0.717, 1.165) is 16.7 Å². The van der Waals surface area contributed by atoms with E-state index < -0.39 is 18.2 Å². The summed E-state index contributed by atoms with van der Waals surface area (Å²) in [5.74, 6) is -0.704. The Labute approximate surface area is 254 Å². The Bertz CT molecular complexity index is 1480. The van der Waals surface area contributed by atoms with E-state index in [2.05, 4.69) is 5.32 Å². The molecule has 0 fully saturated rings. The van der Waals surface area contributed by atoms with Crippen molar-refractivity contribution in [3.63, 3.8) is 0 Å². The predicted octanol–water partition coefficient (Wildman–Crippen LogP) is 4.84. The first-order valence-corrected chi connectivity index (χ1v) is 15.0. The van der Waals surface area contributed by atoms with Crippen LogP contribution in [0.15, 0.2) is 72.8 Å². The Morgan fingerprint density at radius 1 is 1.00 bits per heavy atom. The van der Waals surface area contributed by atoms with Crippen LogP contribution in [0.5, 0.6) is 5.75 Å². The topological polar surface area (TPSA) is 135 Å². The summed E-state index contributed by atoms with van der Waals surface area (Å²) in [5.41, 5.74) is 3.31. The molecule has 0 aromatic heterocycles. The van der Waals surface area contributed by atoms with Crippen LogP contribution in [0.1, 0.15) is 50.8 Å². The normalized spacial score (nSPS) is 12.7. The van der Waals surface area contributed by atoms with Crippen molar-refractivity contribution in [3.05, 3.63) is 101 Å². The number of ketones is 1. The molecule has 1 heterocycles. The van der Waals surface area contributed by atoms with E-state index in [0.29, 0.717) is 28.5 Å². The average molecular weight is 604 g/mol. The van der Waals surface area contributed by atoms with E-state index in [1.54, 1.807) is 43.3 Å². The number of ether oxygens (including phenoxy) is 3. The van der Waals surface area contributed by atoms with E-state index >= 15 is 0 Å². The summed E-state index contributed by atoms with van der Waals surface area (Å²) in [6.07, 6.45) is 0.349. The zero-order valence-corrected chi connectivity index (χ0v) is 24.8. The maximum absolute atomic E-state index is 13.0. The molecule has 0 spiro atoms. The monoisotopic (exact) mass is 603 g/mol. The van der Waals surface area contributed by atoms with Gasteiger partial charge < -0.3 is 24.4 Å². The summed E-state index contributed by atoms with van der Waals surface area (Å²) in [4.78, 5) is 51.9. The van der Waals surface area contributed by atoms with Gasteiger partial charge in [-0.05, 0) is 60.7 Å². The summed E-state index contributed by atoms with van der Waals surface area (Å²) >= 11 is 1.32. The second-order valence-electron chi connectivity index (χ2n) is 9.65. The molecule has 0 bridgehead atoms. The molecule has 1 unspecified atom stereocenters. The van der Waals surface area contributed by atoms with Gasteiger partial charge in [0, 0.05) is 36.2 Å². The van der Waals surface area contributed by atoms with Crippen LogP contribution in [0, 0.1) is 5.41 Å². The van der Waals surface area contributed by atoms with E-state index in [1.807, 2.05) is 42.7 Å².